The van der Waals surface area contributed by atoms with Gasteiger partial charge in [0.1, 0.15) is 0 Å². The van der Waals surface area contributed by atoms with Gasteiger partial charge in [0, 0.05) is 24.8 Å². The molecule has 1 aromatic carbocycles. The number of nitrogens with two attached hydrogens (primary N) is 1. The van der Waals surface area contributed by atoms with Crippen LogP contribution in [0.2, 0.25) is 0 Å². The monoisotopic (exact) mass is 278 g/mol. The van der Waals surface area contributed by atoms with Crippen LogP contribution in [0.25, 0.3) is 10.9 Å². The number of carbonyl (C=O) groups excluding carboxylic acids is 1. The number of carbonyl (C=O) groups is 1. The molecule has 0 fully saturated rings. The normalized spacial score (nSPS) is 12.5. The summed E-state index contributed by atoms with van der Waals surface area (Å²) in [5.74, 6) is -0.322. The van der Waals surface area contributed by atoms with Crippen LogP contribution in [0.3, 0.4) is 0 Å². The number of anilines is 1. The van der Waals surface area contributed by atoms with E-state index in [1.165, 1.54) is 0 Å². The van der Waals surface area contributed by atoms with E-state index in [1.807, 2.05) is 0 Å². The molecule has 1 amide bonds. The zero-order valence-electron chi connectivity index (χ0n) is 11.2. The number of benzene rings is 1. The van der Waals surface area contributed by atoms with Crippen molar-refractivity contribution in [1.29, 1.82) is 0 Å². The first-order valence-electron chi connectivity index (χ1n) is 6.30. The molecule has 7 nitrogen and oxygen atoms in total. The van der Waals surface area contributed by atoms with E-state index in [-0.39, 0.29) is 24.2 Å². The lowest BCUT2D eigenvalue weighted by Crippen LogP contribution is -2.38. The van der Waals surface area contributed by atoms with E-state index in [0.717, 1.165) is 5.52 Å². The molecule has 108 valence electrons. The van der Waals surface area contributed by atoms with E-state index >= 15 is 0 Å². The van der Waals surface area contributed by atoms with Crippen molar-refractivity contribution in [2.75, 3.05) is 26.1 Å². The van der Waals surface area contributed by atoms with E-state index in [2.05, 4.69) is 15.5 Å². The fourth-order valence-corrected chi connectivity index (χ4v) is 2.01. The number of aromatic nitrogens is 2. The highest BCUT2D eigenvalue weighted by molar-refractivity contribution is 6.05. The average molecular weight is 278 g/mol. The number of methoxy groups -OCH3 is 1. The van der Waals surface area contributed by atoms with Crippen molar-refractivity contribution in [3.05, 3.63) is 23.9 Å². The zero-order chi connectivity index (χ0) is 14.5. The van der Waals surface area contributed by atoms with Gasteiger partial charge >= 0.3 is 0 Å². The van der Waals surface area contributed by atoms with E-state index in [9.17, 15) is 4.79 Å². The van der Waals surface area contributed by atoms with Gasteiger partial charge in [0.15, 0.2) is 5.69 Å². The predicted octanol–water partition coefficient (Wildman–Crippen LogP) is 0.272. The Hall–Kier alpha value is -2.12. The molecule has 0 saturated heterocycles. The number of aliphatic hydroxyl groups excluding tert-OH is 1. The molecule has 0 aliphatic heterocycles. The lowest BCUT2D eigenvalue weighted by Gasteiger charge is -2.16. The highest BCUT2D eigenvalue weighted by Crippen LogP contribution is 2.18. The Morgan fingerprint density at radius 2 is 2.40 bits per heavy atom. The maximum Gasteiger partial charge on any atom is 0.272 e. The van der Waals surface area contributed by atoms with Crippen LogP contribution in [-0.2, 0) is 4.74 Å². The van der Waals surface area contributed by atoms with Gasteiger partial charge in [-0.2, -0.15) is 5.10 Å². The first kappa shape index (κ1) is 14.3. The first-order valence-corrected chi connectivity index (χ1v) is 6.30. The molecule has 1 unspecified atom stereocenters. The van der Waals surface area contributed by atoms with Gasteiger partial charge in [-0.15, -0.1) is 0 Å². The minimum absolute atomic E-state index is 0.0252. The van der Waals surface area contributed by atoms with E-state index in [0.29, 0.717) is 24.1 Å². The fraction of sp³-hybridized carbons (Fsp3) is 0.385. The van der Waals surface area contributed by atoms with Crippen molar-refractivity contribution in [3.8, 4) is 0 Å². The molecule has 0 bridgehead atoms. The largest absolute Gasteiger partial charge is 0.399 e. The molecule has 1 heterocycles. The van der Waals surface area contributed by atoms with Gasteiger partial charge in [-0.3, -0.25) is 9.89 Å². The molecule has 2 rings (SSSR count). The maximum absolute atomic E-state index is 12.2. The Kier molecular flexibility index (Phi) is 4.54. The summed E-state index contributed by atoms with van der Waals surface area (Å²) in [4.78, 5) is 12.2. The SMILES string of the molecule is COCC(CCO)NC(=O)c1n[nH]c2ccc(N)cc12. The molecule has 7 heteroatoms. The molecule has 0 radical (unpaired) electrons. The number of H-pyrrole nitrogens is 1. The molecule has 0 spiro atoms. The summed E-state index contributed by atoms with van der Waals surface area (Å²) in [6, 6.07) is 4.95. The average Bonchev–Trinajstić information content (AvgIpc) is 2.82. The Labute approximate surface area is 116 Å². The van der Waals surface area contributed by atoms with Crippen molar-refractivity contribution < 1.29 is 14.6 Å². The van der Waals surface area contributed by atoms with Crippen LogP contribution in [0.1, 0.15) is 16.9 Å². The van der Waals surface area contributed by atoms with Crippen LogP contribution in [0.5, 0.6) is 0 Å². The first-order chi connectivity index (χ1) is 9.65. The van der Waals surface area contributed by atoms with Gasteiger partial charge < -0.3 is 20.9 Å². The summed E-state index contributed by atoms with van der Waals surface area (Å²) in [7, 11) is 1.54. The lowest BCUT2D eigenvalue weighted by molar-refractivity contribution is 0.0875. The van der Waals surface area contributed by atoms with Gasteiger partial charge in [-0.1, -0.05) is 0 Å². The van der Waals surface area contributed by atoms with Gasteiger partial charge in [0.2, 0.25) is 0 Å². The molecule has 20 heavy (non-hydrogen) atoms. The minimum atomic E-state index is -0.322. The van der Waals surface area contributed by atoms with E-state index < -0.39 is 0 Å². The topological polar surface area (TPSA) is 113 Å². The second-order valence-electron chi connectivity index (χ2n) is 4.52. The summed E-state index contributed by atoms with van der Waals surface area (Å²) in [6.07, 6.45) is 0.421. The van der Waals surface area contributed by atoms with Crippen LogP contribution in [-0.4, -0.2) is 47.6 Å². The summed E-state index contributed by atoms with van der Waals surface area (Å²) < 4.78 is 5.01. The summed E-state index contributed by atoms with van der Waals surface area (Å²) >= 11 is 0. The van der Waals surface area contributed by atoms with Crippen molar-refractivity contribution in [3.63, 3.8) is 0 Å². The van der Waals surface area contributed by atoms with Crippen molar-refractivity contribution >= 4 is 22.5 Å². The van der Waals surface area contributed by atoms with Gasteiger partial charge in [0.05, 0.1) is 18.2 Å². The molecule has 0 aliphatic rings. The number of hydrogen-bond donors (Lipinski definition) is 4. The van der Waals surface area contributed by atoms with Gasteiger partial charge in [-0.25, -0.2) is 0 Å². The highest BCUT2D eigenvalue weighted by Gasteiger charge is 2.18. The maximum atomic E-state index is 12.2. The van der Waals surface area contributed by atoms with Gasteiger partial charge in [-0.05, 0) is 24.6 Å². The number of nitrogens with one attached hydrogen (secondary N) is 2. The number of aromatic amines is 1. The Morgan fingerprint density at radius 3 is 3.10 bits per heavy atom. The van der Waals surface area contributed by atoms with Crippen molar-refractivity contribution in [2.24, 2.45) is 0 Å². The Bertz CT molecular complexity index is 590. The molecular formula is C13H18N4O3. The smallest absolute Gasteiger partial charge is 0.272 e. The Balaban J connectivity index is 2.20. The van der Waals surface area contributed by atoms with Gasteiger partial charge in [0.25, 0.3) is 5.91 Å². The number of aliphatic hydroxyl groups is 1. The molecule has 5 N–H and O–H groups in total. The summed E-state index contributed by atoms with van der Waals surface area (Å²) in [6.45, 7) is 0.305. The summed E-state index contributed by atoms with van der Waals surface area (Å²) in [5, 5.41) is 19.2. The molecule has 1 aromatic heterocycles. The van der Waals surface area contributed by atoms with E-state index in [1.54, 1.807) is 25.3 Å². The molecule has 1 atom stereocenters. The number of nitrogen functional groups attached to an aromatic ring is 1. The van der Waals surface area contributed by atoms with Crippen molar-refractivity contribution in [2.45, 2.75) is 12.5 Å². The third kappa shape index (κ3) is 3.06. The number of amides is 1. The number of rotatable bonds is 6. The van der Waals surface area contributed by atoms with Crippen LogP contribution < -0.4 is 11.1 Å². The standard InChI is InChI=1S/C13H18N4O3/c1-20-7-9(4-5-18)15-13(19)12-10-6-8(14)2-3-11(10)16-17-12/h2-3,6,9,18H,4-5,7,14H2,1H3,(H,15,19)(H,16,17). The third-order valence-electron chi connectivity index (χ3n) is 2.98. The van der Waals surface area contributed by atoms with Crippen LogP contribution >= 0.6 is 0 Å². The summed E-state index contributed by atoms with van der Waals surface area (Å²) in [5.41, 5.74) is 7.32. The molecular weight excluding hydrogens is 260 g/mol. The number of fused-ring (bicyclic) bond motifs is 1. The third-order valence-corrected chi connectivity index (χ3v) is 2.98. The number of ether oxygens (including phenoxy) is 1. The quantitative estimate of drug-likeness (QED) is 0.566. The van der Waals surface area contributed by atoms with Crippen LogP contribution in [0.15, 0.2) is 18.2 Å². The second-order valence-corrected chi connectivity index (χ2v) is 4.52. The number of nitrogens with zero attached hydrogens (tertiary/aromatic N) is 1. The highest BCUT2D eigenvalue weighted by atomic mass is 16.5. The minimum Gasteiger partial charge on any atom is -0.399 e. The molecule has 0 saturated carbocycles. The van der Waals surface area contributed by atoms with Crippen LogP contribution in [0.4, 0.5) is 5.69 Å². The molecule has 0 aliphatic carbocycles. The lowest BCUT2D eigenvalue weighted by atomic mass is 10.1. The van der Waals surface area contributed by atoms with Crippen LogP contribution in [0, 0.1) is 0 Å². The zero-order valence-corrected chi connectivity index (χ0v) is 11.2. The Morgan fingerprint density at radius 1 is 1.60 bits per heavy atom. The fourth-order valence-electron chi connectivity index (χ4n) is 2.01. The van der Waals surface area contributed by atoms with Crippen molar-refractivity contribution in [1.82, 2.24) is 15.5 Å². The predicted molar refractivity (Wildman–Crippen MR) is 75.3 cm³/mol. The number of hydrogen-bond acceptors (Lipinski definition) is 5. The van der Waals surface area contributed by atoms with E-state index in [4.69, 9.17) is 15.6 Å². The molecule has 2 aromatic rings. The second kappa shape index (κ2) is 6.36.